The summed E-state index contributed by atoms with van der Waals surface area (Å²) in [7, 11) is 2.08. The van der Waals surface area contributed by atoms with Gasteiger partial charge in [0.1, 0.15) is 5.82 Å². The number of nitrogens with one attached hydrogen (secondary N) is 1. The highest BCUT2D eigenvalue weighted by Gasteiger charge is 2.19. The Bertz CT molecular complexity index is 704. The first-order chi connectivity index (χ1) is 11.1. The Morgan fingerprint density at radius 3 is 3.13 bits per heavy atom. The van der Waals surface area contributed by atoms with Gasteiger partial charge in [-0.15, -0.1) is 23.1 Å². The van der Waals surface area contributed by atoms with E-state index >= 15 is 0 Å². The van der Waals surface area contributed by atoms with Crippen molar-refractivity contribution in [3.8, 4) is 0 Å². The molecule has 0 fully saturated rings. The number of likely N-dealkylation sites (N-methyl/N-ethyl adjacent to an activating group) is 1. The molecule has 0 unspecified atom stereocenters. The molecule has 0 radical (unpaired) electrons. The topological polar surface area (TPSA) is 45.2 Å². The lowest BCUT2D eigenvalue weighted by molar-refractivity contribution is -0.115. The number of nitrogens with zero attached hydrogens (tertiary/aromatic N) is 2. The summed E-state index contributed by atoms with van der Waals surface area (Å²) in [5, 5.41) is 3.53. The molecule has 2 heterocycles. The molecule has 23 heavy (non-hydrogen) atoms. The first-order valence-corrected chi connectivity index (χ1v) is 9.26. The summed E-state index contributed by atoms with van der Waals surface area (Å²) in [4.78, 5) is 20.6. The third-order valence-electron chi connectivity index (χ3n) is 3.59. The third-order valence-corrected chi connectivity index (χ3v) is 5.64. The van der Waals surface area contributed by atoms with Gasteiger partial charge >= 0.3 is 0 Å². The van der Waals surface area contributed by atoms with Crippen molar-refractivity contribution in [3.05, 3.63) is 40.7 Å². The predicted octanol–water partition coefficient (Wildman–Crippen LogP) is 3.39. The van der Waals surface area contributed by atoms with Crippen molar-refractivity contribution in [2.45, 2.75) is 24.3 Å². The van der Waals surface area contributed by atoms with E-state index in [1.165, 1.54) is 22.7 Å². The molecule has 4 nitrogen and oxygen atoms in total. The fraction of sp³-hybridized carbons (Fsp3) is 0.375. The first kappa shape index (κ1) is 16.4. The Morgan fingerprint density at radius 2 is 2.30 bits per heavy atom. The molecule has 1 aromatic carbocycles. The van der Waals surface area contributed by atoms with Gasteiger partial charge in [0.15, 0.2) is 5.13 Å². The maximum atomic E-state index is 13.5. The average Bonchev–Trinajstić information content (AvgIpc) is 2.90. The van der Waals surface area contributed by atoms with Crippen LogP contribution in [-0.4, -0.2) is 35.1 Å². The molecule has 1 amide bonds. The van der Waals surface area contributed by atoms with Crippen molar-refractivity contribution in [2.75, 3.05) is 24.7 Å². The van der Waals surface area contributed by atoms with Crippen molar-refractivity contribution in [3.63, 3.8) is 0 Å². The van der Waals surface area contributed by atoms with Crippen LogP contribution in [0.5, 0.6) is 0 Å². The average molecular weight is 351 g/mol. The number of hydrogen-bond donors (Lipinski definition) is 1. The van der Waals surface area contributed by atoms with Gasteiger partial charge in [-0.3, -0.25) is 4.79 Å². The highest BCUT2D eigenvalue weighted by atomic mass is 32.2. The maximum absolute atomic E-state index is 13.5. The monoisotopic (exact) mass is 351 g/mol. The van der Waals surface area contributed by atoms with Crippen LogP contribution in [0, 0.1) is 5.82 Å². The lowest BCUT2D eigenvalue weighted by atomic mass is 10.2. The van der Waals surface area contributed by atoms with E-state index in [2.05, 4.69) is 22.2 Å². The van der Waals surface area contributed by atoms with Gasteiger partial charge in [-0.25, -0.2) is 9.37 Å². The first-order valence-electron chi connectivity index (χ1n) is 7.46. The number of fused-ring (bicyclic) bond motifs is 1. The van der Waals surface area contributed by atoms with Crippen LogP contribution < -0.4 is 5.32 Å². The van der Waals surface area contributed by atoms with Gasteiger partial charge in [0.25, 0.3) is 0 Å². The standard InChI is InChI=1S/C16H18FN3OS2/c1-20-8-6-12-14(10-20)23-16(18-12)19-15(21)7-9-22-13-5-3-2-4-11(13)17/h2-5H,6-10H2,1H3,(H,18,19,21). The molecule has 2 aromatic rings. The van der Waals surface area contributed by atoms with Gasteiger partial charge in [-0.1, -0.05) is 12.1 Å². The number of aromatic nitrogens is 1. The Labute approximate surface area is 143 Å². The molecule has 1 aromatic heterocycles. The molecular weight excluding hydrogens is 333 g/mol. The summed E-state index contributed by atoms with van der Waals surface area (Å²) >= 11 is 2.90. The fourth-order valence-electron chi connectivity index (χ4n) is 2.37. The number of anilines is 1. The number of thiazole rings is 1. The van der Waals surface area contributed by atoms with E-state index in [0.717, 1.165) is 25.2 Å². The molecule has 0 saturated heterocycles. The highest BCUT2D eigenvalue weighted by molar-refractivity contribution is 7.99. The number of rotatable bonds is 5. The molecule has 122 valence electrons. The molecule has 7 heteroatoms. The summed E-state index contributed by atoms with van der Waals surface area (Å²) < 4.78 is 13.5. The van der Waals surface area contributed by atoms with Crippen LogP contribution in [0.3, 0.4) is 0 Å². The minimum atomic E-state index is -0.241. The largest absolute Gasteiger partial charge is 0.302 e. The Hall–Kier alpha value is -1.44. The Balaban J connectivity index is 1.49. The molecule has 0 bridgehead atoms. The van der Waals surface area contributed by atoms with Crippen molar-refractivity contribution < 1.29 is 9.18 Å². The summed E-state index contributed by atoms with van der Waals surface area (Å²) in [6, 6.07) is 6.61. The van der Waals surface area contributed by atoms with Gasteiger partial charge in [0.2, 0.25) is 5.91 Å². The minimum Gasteiger partial charge on any atom is -0.302 e. The molecule has 1 aliphatic heterocycles. The second-order valence-corrected chi connectivity index (χ2v) is 7.67. The lowest BCUT2D eigenvalue weighted by Crippen LogP contribution is -2.25. The number of benzene rings is 1. The lowest BCUT2D eigenvalue weighted by Gasteiger charge is -2.20. The summed E-state index contributed by atoms with van der Waals surface area (Å²) in [5.74, 6) is 0.226. The summed E-state index contributed by atoms with van der Waals surface area (Å²) in [6.45, 7) is 1.90. The molecule has 0 aliphatic carbocycles. The van der Waals surface area contributed by atoms with Gasteiger partial charge in [-0.05, 0) is 19.2 Å². The fourth-order valence-corrected chi connectivity index (χ4v) is 4.37. The quantitative estimate of drug-likeness (QED) is 0.839. The van der Waals surface area contributed by atoms with Crippen LogP contribution in [0.25, 0.3) is 0 Å². The second kappa shape index (κ2) is 7.42. The number of halogens is 1. The molecule has 0 spiro atoms. The number of carbonyl (C=O) groups is 1. The smallest absolute Gasteiger partial charge is 0.226 e. The van der Waals surface area contributed by atoms with E-state index in [0.29, 0.717) is 22.2 Å². The van der Waals surface area contributed by atoms with E-state index in [4.69, 9.17) is 0 Å². The van der Waals surface area contributed by atoms with Gasteiger partial charge in [0.05, 0.1) is 5.69 Å². The minimum absolute atomic E-state index is 0.0757. The van der Waals surface area contributed by atoms with E-state index in [1.54, 1.807) is 29.5 Å². The number of thioether (sulfide) groups is 1. The zero-order valence-corrected chi connectivity index (χ0v) is 14.5. The van der Waals surface area contributed by atoms with Crippen molar-refractivity contribution in [1.82, 2.24) is 9.88 Å². The van der Waals surface area contributed by atoms with Crippen LogP contribution in [0.1, 0.15) is 17.0 Å². The normalized spacial score (nSPS) is 14.5. The van der Waals surface area contributed by atoms with Crippen LogP contribution in [0.15, 0.2) is 29.2 Å². The van der Waals surface area contributed by atoms with Crippen molar-refractivity contribution >= 4 is 34.1 Å². The van der Waals surface area contributed by atoms with E-state index in [1.807, 2.05) is 0 Å². The van der Waals surface area contributed by atoms with Crippen molar-refractivity contribution in [1.29, 1.82) is 0 Å². The van der Waals surface area contributed by atoms with Crippen LogP contribution in [0.2, 0.25) is 0 Å². The molecule has 0 atom stereocenters. The summed E-state index contributed by atoms with van der Waals surface area (Å²) in [6.07, 6.45) is 1.27. The second-order valence-electron chi connectivity index (χ2n) is 5.45. The van der Waals surface area contributed by atoms with Crippen LogP contribution in [-0.2, 0) is 17.8 Å². The molecule has 3 rings (SSSR count). The summed E-state index contributed by atoms with van der Waals surface area (Å²) in [5.41, 5.74) is 1.10. The molecule has 1 aliphatic rings. The van der Waals surface area contributed by atoms with Crippen LogP contribution in [0.4, 0.5) is 9.52 Å². The molecular formula is C16H18FN3OS2. The predicted molar refractivity (Wildman–Crippen MR) is 92.5 cm³/mol. The number of amides is 1. The Morgan fingerprint density at radius 1 is 1.48 bits per heavy atom. The van der Waals surface area contributed by atoms with E-state index in [-0.39, 0.29) is 11.7 Å². The molecule has 0 saturated carbocycles. The zero-order chi connectivity index (χ0) is 16.2. The SMILES string of the molecule is CN1CCc2nc(NC(=O)CCSc3ccccc3F)sc2C1. The highest BCUT2D eigenvalue weighted by Crippen LogP contribution is 2.28. The third kappa shape index (κ3) is 4.31. The van der Waals surface area contributed by atoms with Gasteiger partial charge < -0.3 is 10.2 Å². The van der Waals surface area contributed by atoms with Crippen molar-refractivity contribution in [2.24, 2.45) is 0 Å². The maximum Gasteiger partial charge on any atom is 0.226 e. The van der Waals surface area contributed by atoms with Gasteiger partial charge in [-0.2, -0.15) is 0 Å². The van der Waals surface area contributed by atoms with E-state index < -0.39 is 0 Å². The zero-order valence-electron chi connectivity index (χ0n) is 12.8. The van der Waals surface area contributed by atoms with E-state index in [9.17, 15) is 9.18 Å². The molecule has 1 N–H and O–H groups in total. The van der Waals surface area contributed by atoms with Crippen LogP contribution >= 0.6 is 23.1 Å². The number of carbonyl (C=O) groups excluding carboxylic acids is 1. The Kier molecular flexibility index (Phi) is 5.30. The van der Waals surface area contributed by atoms with Gasteiger partial charge in [0, 0.05) is 41.5 Å². The number of hydrogen-bond acceptors (Lipinski definition) is 5.